The van der Waals surface area contributed by atoms with Crippen molar-refractivity contribution in [1.29, 1.82) is 0 Å². The standard InChI is InChI=1S/C35H39FN6O4/c1-19(2)27-29(21(4)11-13-37-27)42-32-24(17-25(36)28(38-32)26-20(3)9-10-23-12-16-45-30(23)26)31(39-33(42)43)41-15-14-40(18-22(41)5)34(44)46-35(6,7)8/h9-13,16-17,19,22H,14-15,18H2,1-8H3/t22-/m0/s1. The molecule has 240 valence electrons. The third-order valence-electron chi connectivity index (χ3n) is 8.34. The van der Waals surface area contributed by atoms with E-state index in [2.05, 4.69) is 9.97 Å². The topological polar surface area (TPSA) is 107 Å². The van der Waals surface area contributed by atoms with Gasteiger partial charge in [-0.25, -0.2) is 23.5 Å². The number of amides is 1. The van der Waals surface area contributed by atoms with Crippen LogP contribution in [0.15, 0.2) is 52.0 Å². The van der Waals surface area contributed by atoms with Crippen molar-refractivity contribution in [3.8, 4) is 16.9 Å². The summed E-state index contributed by atoms with van der Waals surface area (Å²) in [7, 11) is 0. The second-order valence-electron chi connectivity index (χ2n) is 13.3. The SMILES string of the molecule is Cc1ccnc(C(C)C)c1-n1c(=O)nc(N2CCN(C(=O)OC(C)(C)C)C[C@@H]2C)c2cc(F)c(-c3c(C)ccc4ccoc34)nc21. The lowest BCUT2D eigenvalue weighted by molar-refractivity contribution is 0.0218. The number of aromatic nitrogens is 4. The first-order valence-corrected chi connectivity index (χ1v) is 15.6. The molecule has 0 saturated carbocycles. The fourth-order valence-corrected chi connectivity index (χ4v) is 6.18. The molecule has 1 aromatic carbocycles. The van der Waals surface area contributed by atoms with Gasteiger partial charge in [0.1, 0.15) is 22.7 Å². The molecule has 1 amide bonds. The van der Waals surface area contributed by atoms with Crippen molar-refractivity contribution < 1.29 is 18.3 Å². The molecular formula is C35H39FN6O4. The summed E-state index contributed by atoms with van der Waals surface area (Å²) < 4.78 is 29.2. The molecule has 0 spiro atoms. The number of fused-ring (bicyclic) bond motifs is 2. The van der Waals surface area contributed by atoms with E-state index in [4.69, 9.17) is 14.1 Å². The number of rotatable bonds is 4. The van der Waals surface area contributed by atoms with Crippen molar-refractivity contribution in [3.63, 3.8) is 0 Å². The Bertz CT molecular complexity index is 2040. The van der Waals surface area contributed by atoms with Crippen molar-refractivity contribution >= 4 is 33.9 Å². The summed E-state index contributed by atoms with van der Waals surface area (Å²) in [4.78, 5) is 44.7. The molecule has 11 heteroatoms. The third kappa shape index (κ3) is 5.48. The van der Waals surface area contributed by atoms with Gasteiger partial charge in [0.2, 0.25) is 0 Å². The number of carbonyl (C=O) groups is 1. The minimum Gasteiger partial charge on any atom is -0.464 e. The van der Waals surface area contributed by atoms with Gasteiger partial charge in [0.25, 0.3) is 0 Å². The van der Waals surface area contributed by atoms with Crippen LogP contribution in [0.4, 0.5) is 15.0 Å². The Morgan fingerprint density at radius 3 is 2.54 bits per heavy atom. The zero-order chi connectivity index (χ0) is 33.1. The highest BCUT2D eigenvalue weighted by atomic mass is 19.1. The first-order chi connectivity index (χ1) is 21.7. The Balaban J connectivity index is 1.59. The Hall–Kier alpha value is -4.80. The third-order valence-corrected chi connectivity index (χ3v) is 8.34. The number of furan rings is 1. The Kier molecular flexibility index (Phi) is 7.82. The van der Waals surface area contributed by atoms with Gasteiger partial charge >= 0.3 is 11.8 Å². The van der Waals surface area contributed by atoms with Gasteiger partial charge in [0.15, 0.2) is 11.5 Å². The number of hydrogen-bond donors (Lipinski definition) is 0. The average Bonchev–Trinajstić information content (AvgIpc) is 3.45. The van der Waals surface area contributed by atoms with Gasteiger partial charge in [-0.15, -0.1) is 0 Å². The molecule has 1 atom stereocenters. The number of ether oxygens (including phenoxy) is 1. The number of piperazine rings is 1. The second kappa shape index (κ2) is 11.5. The van der Waals surface area contributed by atoms with Crippen molar-refractivity contribution in [2.45, 2.75) is 73.0 Å². The molecule has 10 nitrogen and oxygen atoms in total. The zero-order valence-corrected chi connectivity index (χ0v) is 27.5. The number of halogens is 1. The molecule has 0 radical (unpaired) electrons. The molecule has 0 bridgehead atoms. The summed E-state index contributed by atoms with van der Waals surface area (Å²) in [5.74, 6) is -0.276. The quantitative estimate of drug-likeness (QED) is 0.212. The van der Waals surface area contributed by atoms with Crippen LogP contribution in [0, 0.1) is 19.7 Å². The van der Waals surface area contributed by atoms with E-state index < -0.39 is 23.2 Å². The Labute approximate surface area is 266 Å². The lowest BCUT2D eigenvalue weighted by atomic mass is 10.0. The number of nitrogens with zero attached hydrogens (tertiary/aromatic N) is 6. The Morgan fingerprint density at radius 1 is 1.09 bits per heavy atom. The van der Waals surface area contributed by atoms with Gasteiger partial charge in [-0.2, -0.15) is 4.98 Å². The molecule has 1 aliphatic heterocycles. The van der Waals surface area contributed by atoms with Gasteiger partial charge in [0, 0.05) is 42.8 Å². The molecule has 0 N–H and O–H groups in total. The lowest BCUT2D eigenvalue weighted by Gasteiger charge is -2.41. The van der Waals surface area contributed by atoms with E-state index in [1.165, 1.54) is 10.6 Å². The zero-order valence-electron chi connectivity index (χ0n) is 27.5. The number of carbonyl (C=O) groups excluding carboxylic acids is 1. The summed E-state index contributed by atoms with van der Waals surface area (Å²) in [5.41, 5.74) is 3.06. The smallest absolute Gasteiger partial charge is 0.410 e. The molecule has 1 saturated heterocycles. The predicted molar refractivity (Wildman–Crippen MR) is 176 cm³/mol. The maximum atomic E-state index is 16.4. The van der Waals surface area contributed by atoms with Crippen LogP contribution in [0.2, 0.25) is 0 Å². The maximum Gasteiger partial charge on any atom is 0.410 e. The van der Waals surface area contributed by atoms with Crippen molar-refractivity contribution in [3.05, 3.63) is 75.9 Å². The first-order valence-electron chi connectivity index (χ1n) is 15.6. The molecular weight excluding hydrogens is 587 g/mol. The van der Waals surface area contributed by atoms with Gasteiger partial charge in [-0.3, -0.25) is 4.98 Å². The van der Waals surface area contributed by atoms with Crippen LogP contribution in [0.3, 0.4) is 0 Å². The minimum absolute atomic E-state index is 0.0171. The fraction of sp³-hybridized carbons (Fsp3) is 0.400. The lowest BCUT2D eigenvalue weighted by Crippen LogP contribution is -2.55. The van der Waals surface area contributed by atoms with Gasteiger partial charge < -0.3 is 19.0 Å². The molecule has 0 aliphatic carbocycles. The van der Waals surface area contributed by atoms with Crippen LogP contribution in [0.5, 0.6) is 0 Å². The van der Waals surface area contributed by atoms with Crippen molar-refractivity contribution in [1.82, 2.24) is 24.4 Å². The molecule has 6 rings (SSSR count). The van der Waals surface area contributed by atoms with Crippen LogP contribution in [-0.2, 0) is 4.74 Å². The largest absolute Gasteiger partial charge is 0.464 e. The highest BCUT2D eigenvalue weighted by molar-refractivity contribution is 5.96. The molecule has 5 heterocycles. The van der Waals surface area contributed by atoms with Gasteiger partial charge in [-0.1, -0.05) is 26.0 Å². The van der Waals surface area contributed by atoms with Crippen LogP contribution in [-0.4, -0.2) is 61.8 Å². The van der Waals surface area contributed by atoms with E-state index in [9.17, 15) is 9.59 Å². The van der Waals surface area contributed by atoms with Crippen molar-refractivity contribution in [2.75, 3.05) is 24.5 Å². The van der Waals surface area contributed by atoms with Gasteiger partial charge in [-0.05, 0) is 76.8 Å². The predicted octanol–water partition coefficient (Wildman–Crippen LogP) is 6.91. The average molecular weight is 627 g/mol. The van der Waals surface area contributed by atoms with Gasteiger partial charge in [0.05, 0.1) is 23.0 Å². The number of hydrogen-bond acceptors (Lipinski definition) is 8. The molecule has 5 aromatic rings. The minimum atomic E-state index is -0.627. The van der Waals surface area contributed by atoms with E-state index in [-0.39, 0.29) is 23.3 Å². The van der Waals surface area contributed by atoms with Crippen LogP contribution >= 0.6 is 0 Å². The number of aryl methyl sites for hydroxylation is 2. The molecule has 1 fully saturated rings. The summed E-state index contributed by atoms with van der Waals surface area (Å²) in [6, 6.07) is 8.63. The van der Waals surface area contributed by atoms with Crippen LogP contribution in [0.25, 0.3) is 38.9 Å². The number of benzene rings is 1. The van der Waals surface area contributed by atoms with E-state index in [1.807, 2.05) is 84.6 Å². The van der Waals surface area contributed by atoms with Crippen molar-refractivity contribution in [2.24, 2.45) is 0 Å². The number of anilines is 1. The second-order valence-corrected chi connectivity index (χ2v) is 13.3. The van der Waals surface area contributed by atoms with Crippen LogP contribution in [0.1, 0.15) is 64.3 Å². The monoisotopic (exact) mass is 626 g/mol. The molecule has 0 unspecified atom stereocenters. The Morgan fingerprint density at radius 2 is 1.85 bits per heavy atom. The summed E-state index contributed by atoms with van der Waals surface area (Å²) >= 11 is 0. The van der Waals surface area contributed by atoms with E-state index >= 15 is 4.39 Å². The highest BCUT2D eigenvalue weighted by Crippen LogP contribution is 2.37. The normalized spacial score (nSPS) is 15.7. The molecule has 1 aliphatic rings. The fourth-order valence-electron chi connectivity index (χ4n) is 6.18. The molecule has 4 aromatic heterocycles. The van der Waals surface area contributed by atoms with Crippen LogP contribution < -0.4 is 10.6 Å². The maximum absolute atomic E-state index is 16.4. The van der Waals surface area contributed by atoms with E-state index in [0.29, 0.717) is 53.4 Å². The highest BCUT2D eigenvalue weighted by Gasteiger charge is 2.33. The first kappa shape index (κ1) is 31.2. The summed E-state index contributed by atoms with van der Waals surface area (Å²) in [5, 5.41) is 1.19. The summed E-state index contributed by atoms with van der Waals surface area (Å²) in [6.07, 6.45) is 2.88. The van der Waals surface area contributed by atoms with E-state index in [0.717, 1.165) is 16.5 Å². The molecule has 46 heavy (non-hydrogen) atoms. The number of pyridine rings is 2. The van der Waals surface area contributed by atoms with E-state index in [1.54, 1.807) is 17.4 Å². The summed E-state index contributed by atoms with van der Waals surface area (Å²) in [6.45, 7) is 16.3.